The Labute approximate surface area is 193 Å². The highest BCUT2D eigenvalue weighted by Gasteiger charge is 2.15. The van der Waals surface area contributed by atoms with Crippen molar-refractivity contribution in [2.45, 2.75) is 83.7 Å². The van der Waals surface area contributed by atoms with E-state index in [2.05, 4.69) is 17.7 Å². The maximum absolute atomic E-state index is 12.3. The van der Waals surface area contributed by atoms with Crippen molar-refractivity contribution in [2.24, 2.45) is 0 Å². The summed E-state index contributed by atoms with van der Waals surface area (Å²) in [5.41, 5.74) is 1.88. The van der Waals surface area contributed by atoms with E-state index in [4.69, 9.17) is 16.3 Å². The van der Waals surface area contributed by atoms with Crippen LogP contribution in [0.1, 0.15) is 77.6 Å². The van der Waals surface area contributed by atoms with Crippen LogP contribution in [0.2, 0.25) is 0 Å². The van der Waals surface area contributed by atoms with Crippen molar-refractivity contribution in [3.63, 3.8) is 0 Å². The maximum Gasteiger partial charge on any atom is 0.313 e. The molecule has 0 aromatic carbocycles. The summed E-state index contributed by atoms with van der Waals surface area (Å²) < 4.78 is 10.0. The summed E-state index contributed by atoms with van der Waals surface area (Å²) in [5, 5.41) is 0. The second kappa shape index (κ2) is 19.1. The first-order chi connectivity index (χ1) is 14.9. The molecule has 0 aliphatic carbocycles. The van der Waals surface area contributed by atoms with Crippen LogP contribution in [0.15, 0.2) is 23.3 Å². The number of hydrogen-bond donors (Lipinski definition) is 0. The summed E-state index contributed by atoms with van der Waals surface area (Å²) in [6.07, 6.45) is 13.3. The molecular weight excluding hydrogens is 418 g/mol. The zero-order valence-corrected chi connectivity index (χ0v) is 20.4. The first-order valence-corrected chi connectivity index (χ1v) is 11.6. The molecule has 1 amide bonds. The Morgan fingerprint density at radius 2 is 1.74 bits per heavy atom. The Balaban J connectivity index is 4.20. The first-order valence-electron chi connectivity index (χ1n) is 11.2. The van der Waals surface area contributed by atoms with Gasteiger partial charge in [-0.3, -0.25) is 14.4 Å². The minimum Gasteiger partial charge on any atom is -0.469 e. The van der Waals surface area contributed by atoms with E-state index in [9.17, 15) is 14.4 Å². The van der Waals surface area contributed by atoms with Crippen molar-refractivity contribution < 1.29 is 23.9 Å². The van der Waals surface area contributed by atoms with Gasteiger partial charge in [-0.1, -0.05) is 62.8 Å². The molecule has 0 saturated heterocycles. The second-order valence-corrected chi connectivity index (χ2v) is 8.01. The second-order valence-electron chi connectivity index (χ2n) is 7.79. The van der Waals surface area contributed by atoms with Gasteiger partial charge >= 0.3 is 5.97 Å². The number of unbranched alkanes of at least 4 members (excludes halogenated alkanes) is 4. The third kappa shape index (κ3) is 15.7. The Morgan fingerprint density at radius 3 is 2.35 bits per heavy atom. The lowest BCUT2D eigenvalue weighted by Gasteiger charge is -2.18. The highest BCUT2D eigenvalue weighted by molar-refractivity contribution is 6.26. The third-order valence-electron chi connectivity index (χ3n) is 5.07. The molecule has 0 bridgehead atoms. The summed E-state index contributed by atoms with van der Waals surface area (Å²) in [7, 11) is 4.66. The quantitative estimate of drug-likeness (QED) is 0.122. The summed E-state index contributed by atoms with van der Waals surface area (Å²) in [6.45, 7) is 2.47. The van der Waals surface area contributed by atoms with Gasteiger partial charge in [0.05, 0.1) is 13.2 Å². The highest BCUT2D eigenvalue weighted by atomic mass is 35.5. The van der Waals surface area contributed by atoms with Gasteiger partial charge in [-0.05, 0) is 24.8 Å². The van der Waals surface area contributed by atoms with E-state index in [0.717, 1.165) is 12.8 Å². The fourth-order valence-corrected chi connectivity index (χ4v) is 3.29. The number of hydrogen-bond acceptors (Lipinski definition) is 5. The van der Waals surface area contributed by atoms with E-state index < -0.39 is 5.97 Å². The molecule has 7 heteroatoms. The number of rotatable bonds is 18. The maximum atomic E-state index is 12.3. The largest absolute Gasteiger partial charge is 0.469 e. The standard InChI is InChI=1S/C24H40ClNO5/c1-5-6-7-8-10-13-22(30-3)14-11-9-12-15-23(28)26(2)19-20(18-25)16-21(27)17-24(29)31-4/h9,11,18,22H,5-8,10,12-17,19H2,1-4H3/b11-9+,20-18+. The summed E-state index contributed by atoms with van der Waals surface area (Å²) in [6, 6.07) is 0. The Bertz CT molecular complexity index is 589. The molecule has 0 N–H and O–H groups in total. The van der Waals surface area contributed by atoms with Gasteiger partial charge < -0.3 is 14.4 Å². The molecule has 1 unspecified atom stereocenters. The smallest absolute Gasteiger partial charge is 0.313 e. The summed E-state index contributed by atoms with van der Waals surface area (Å²) in [5.74, 6) is -0.900. The molecule has 0 aliphatic rings. The fraction of sp³-hybridized carbons (Fsp3) is 0.708. The lowest BCUT2D eigenvalue weighted by molar-refractivity contribution is -0.143. The van der Waals surface area contributed by atoms with Crippen LogP contribution in [0.4, 0.5) is 0 Å². The van der Waals surface area contributed by atoms with Crippen molar-refractivity contribution in [3.8, 4) is 0 Å². The number of allylic oxidation sites excluding steroid dienone is 1. The van der Waals surface area contributed by atoms with Crippen molar-refractivity contribution in [2.75, 3.05) is 27.8 Å². The minimum absolute atomic E-state index is 0.0208. The van der Waals surface area contributed by atoms with Crippen LogP contribution in [0.3, 0.4) is 0 Å². The van der Waals surface area contributed by atoms with Crippen molar-refractivity contribution in [1.82, 2.24) is 4.90 Å². The number of likely N-dealkylation sites (N-methyl/N-ethyl adjacent to an activating group) is 1. The van der Waals surface area contributed by atoms with Crippen LogP contribution < -0.4 is 0 Å². The lowest BCUT2D eigenvalue weighted by atomic mass is 10.1. The molecule has 6 nitrogen and oxygen atoms in total. The number of esters is 1. The zero-order chi connectivity index (χ0) is 23.5. The van der Waals surface area contributed by atoms with Gasteiger partial charge in [-0.25, -0.2) is 0 Å². The van der Waals surface area contributed by atoms with Crippen LogP contribution in [0.5, 0.6) is 0 Å². The molecule has 178 valence electrons. The van der Waals surface area contributed by atoms with Crippen molar-refractivity contribution >= 4 is 29.3 Å². The van der Waals surface area contributed by atoms with Crippen LogP contribution in [0.25, 0.3) is 0 Å². The number of ether oxygens (including phenoxy) is 2. The monoisotopic (exact) mass is 457 g/mol. The van der Waals surface area contributed by atoms with Crippen molar-refractivity contribution in [1.29, 1.82) is 0 Å². The van der Waals surface area contributed by atoms with Gasteiger partial charge in [0.1, 0.15) is 12.2 Å². The number of carbonyl (C=O) groups is 3. The van der Waals surface area contributed by atoms with E-state index in [1.807, 2.05) is 6.08 Å². The van der Waals surface area contributed by atoms with Gasteiger partial charge in [0.25, 0.3) is 0 Å². The van der Waals surface area contributed by atoms with E-state index in [0.29, 0.717) is 18.4 Å². The van der Waals surface area contributed by atoms with Crippen LogP contribution >= 0.6 is 11.6 Å². The molecule has 0 fully saturated rings. The van der Waals surface area contributed by atoms with Gasteiger partial charge in [-0.15, -0.1) is 0 Å². The summed E-state index contributed by atoms with van der Waals surface area (Å²) in [4.78, 5) is 36.9. The molecular formula is C24H40ClNO5. The van der Waals surface area contributed by atoms with Crippen molar-refractivity contribution in [3.05, 3.63) is 23.3 Å². The summed E-state index contributed by atoms with van der Waals surface area (Å²) >= 11 is 5.79. The molecule has 0 spiro atoms. The number of carbonyl (C=O) groups excluding carboxylic acids is 3. The number of amides is 1. The predicted octanol–water partition coefficient (Wildman–Crippen LogP) is 5.19. The van der Waals surface area contributed by atoms with Crippen LogP contribution in [0, 0.1) is 0 Å². The number of methoxy groups -OCH3 is 2. The molecule has 0 aromatic rings. The first kappa shape index (κ1) is 29.3. The number of ketones is 1. The predicted molar refractivity (Wildman–Crippen MR) is 125 cm³/mol. The topological polar surface area (TPSA) is 72.9 Å². The van der Waals surface area contributed by atoms with Crippen LogP contribution in [-0.2, 0) is 23.9 Å². The number of halogens is 1. The fourth-order valence-electron chi connectivity index (χ4n) is 3.14. The zero-order valence-electron chi connectivity index (χ0n) is 19.7. The van der Waals surface area contributed by atoms with Gasteiger partial charge in [0.15, 0.2) is 0 Å². The van der Waals surface area contributed by atoms with E-state index >= 15 is 0 Å². The van der Waals surface area contributed by atoms with Gasteiger partial charge in [0.2, 0.25) is 5.91 Å². The van der Waals surface area contributed by atoms with Crippen LogP contribution in [-0.4, -0.2) is 56.5 Å². The SMILES string of the molecule is CCCCCCCC(C/C=C/CCC(=O)N(C)C/C(=C/Cl)CC(=O)CC(=O)OC)OC. The molecule has 0 heterocycles. The average Bonchev–Trinajstić information content (AvgIpc) is 2.76. The average molecular weight is 458 g/mol. The van der Waals surface area contributed by atoms with E-state index in [-0.39, 0.29) is 37.2 Å². The molecule has 31 heavy (non-hydrogen) atoms. The molecule has 0 aromatic heterocycles. The van der Waals surface area contributed by atoms with Gasteiger partial charge in [0, 0.05) is 39.1 Å². The molecule has 1 atom stereocenters. The van der Waals surface area contributed by atoms with E-state index in [1.54, 1.807) is 19.1 Å². The Hall–Kier alpha value is -1.66. The normalized spacial score (nSPS) is 12.7. The Morgan fingerprint density at radius 1 is 1.03 bits per heavy atom. The Kier molecular flexibility index (Phi) is 18.0. The molecule has 0 saturated carbocycles. The van der Waals surface area contributed by atoms with E-state index in [1.165, 1.54) is 44.7 Å². The third-order valence-corrected chi connectivity index (χ3v) is 5.38. The van der Waals surface area contributed by atoms with Gasteiger partial charge in [-0.2, -0.15) is 0 Å². The molecule has 0 aliphatic heterocycles. The number of nitrogens with zero attached hydrogens (tertiary/aromatic N) is 1. The molecule has 0 radical (unpaired) electrons. The number of Topliss-reactive ketones (excluding diaryl/α,β-unsaturated/α-hetero) is 1. The highest BCUT2D eigenvalue weighted by Crippen LogP contribution is 2.13. The lowest BCUT2D eigenvalue weighted by Crippen LogP contribution is -2.29. The molecule has 0 rings (SSSR count). The minimum atomic E-state index is -0.581.